The van der Waals surface area contributed by atoms with Gasteiger partial charge in [-0.05, 0) is 42.0 Å². The highest BCUT2D eigenvalue weighted by Crippen LogP contribution is 2.24. The molecule has 0 N–H and O–H groups in total. The number of ether oxygens (including phenoxy) is 1. The van der Waals surface area contributed by atoms with E-state index in [-0.39, 0.29) is 16.9 Å². The van der Waals surface area contributed by atoms with Crippen LogP contribution in [0, 0.1) is 10.1 Å². The molecule has 1 heterocycles. The first kappa shape index (κ1) is 19.1. The third-order valence-corrected chi connectivity index (χ3v) is 4.66. The Hall–Kier alpha value is -4.26. The zero-order chi connectivity index (χ0) is 21.1. The molecule has 0 unspecified atom stereocenters. The third-order valence-electron chi connectivity index (χ3n) is 4.66. The number of nitro benzene ring substituents is 1. The fraction of sp³-hybridized carbons (Fsp3) is 0.0435. The van der Waals surface area contributed by atoms with Crippen molar-refractivity contribution in [3.05, 3.63) is 105 Å². The second-order valence-electron chi connectivity index (χ2n) is 6.48. The molecule has 7 nitrogen and oxygen atoms in total. The molecule has 0 atom stereocenters. The summed E-state index contributed by atoms with van der Waals surface area (Å²) in [5.41, 5.74) is 1.01. The molecule has 7 heteroatoms. The van der Waals surface area contributed by atoms with Gasteiger partial charge in [-0.1, -0.05) is 42.5 Å². The van der Waals surface area contributed by atoms with E-state index in [0.29, 0.717) is 16.7 Å². The lowest BCUT2D eigenvalue weighted by Gasteiger charge is -2.11. The molecule has 30 heavy (non-hydrogen) atoms. The number of hydrogen-bond donors (Lipinski definition) is 0. The second kappa shape index (κ2) is 8.00. The number of methoxy groups -OCH3 is 1. The average Bonchev–Trinajstić information content (AvgIpc) is 2.78. The van der Waals surface area contributed by atoms with Crippen molar-refractivity contribution in [2.24, 2.45) is 0 Å². The van der Waals surface area contributed by atoms with Crippen LogP contribution in [0.3, 0.4) is 0 Å². The molecule has 3 aromatic carbocycles. The minimum Gasteiger partial charge on any atom is -0.497 e. The molecule has 0 aliphatic carbocycles. The van der Waals surface area contributed by atoms with Crippen molar-refractivity contribution in [2.75, 3.05) is 7.11 Å². The van der Waals surface area contributed by atoms with Crippen LogP contribution < -0.4 is 10.3 Å². The molecule has 0 aliphatic heterocycles. The number of rotatable bonds is 5. The van der Waals surface area contributed by atoms with Gasteiger partial charge < -0.3 is 4.74 Å². The number of fused-ring (bicyclic) bond motifs is 1. The summed E-state index contributed by atoms with van der Waals surface area (Å²) in [6.07, 6.45) is 3.47. The summed E-state index contributed by atoms with van der Waals surface area (Å²) < 4.78 is 6.44. The van der Waals surface area contributed by atoms with E-state index in [4.69, 9.17) is 4.74 Å². The summed E-state index contributed by atoms with van der Waals surface area (Å²) >= 11 is 0. The summed E-state index contributed by atoms with van der Waals surface area (Å²) in [5.74, 6) is 1.02. The molecule has 0 aliphatic rings. The molecule has 0 fully saturated rings. The van der Waals surface area contributed by atoms with Crippen LogP contribution in [-0.4, -0.2) is 21.6 Å². The Morgan fingerprint density at radius 3 is 2.40 bits per heavy atom. The number of benzene rings is 3. The monoisotopic (exact) mass is 399 g/mol. The number of aromatic nitrogens is 2. The van der Waals surface area contributed by atoms with E-state index in [0.717, 1.165) is 11.3 Å². The van der Waals surface area contributed by atoms with Crippen molar-refractivity contribution in [2.45, 2.75) is 0 Å². The van der Waals surface area contributed by atoms with Gasteiger partial charge in [0.25, 0.3) is 11.2 Å². The van der Waals surface area contributed by atoms with Crippen LogP contribution in [0.25, 0.3) is 28.7 Å². The first-order valence-corrected chi connectivity index (χ1v) is 9.16. The predicted molar refractivity (Wildman–Crippen MR) is 116 cm³/mol. The van der Waals surface area contributed by atoms with E-state index in [1.165, 1.54) is 10.6 Å². The van der Waals surface area contributed by atoms with Crippen molar-refractivity contribution in [1.29, 1.82) is 0 Å². The lowest BCUT2D eigenvalue weighted by Crippen LogP contribution is -2.23. The van der Waals surface area contributed by atoms with Gasteiger partial charge in [-0.3, -0.25) is 19.5 Å². The van der Waals surface area contributed by atoms with Crippen LogP contribution in [0.15, 0.2) is 77.6 Å². The maximum atomic E-state index is 13.3. The van der Waals surface area contributed by atoms with Gasteiger partial charge in [0.2, 0.25) is 0 Å². The maximum absolute atomic E-state index is 13.3. The lowest BCUT2D eigenvalue weighted by molar-refractivity contribution is -0.384. The molecular formula is C23H17N3O4. The highest BCUT2D eigenvalue weighted by atomic mass is 16.6. The molecular weight excluding hydrogens is 382 g/mol. The number of hydrogen-bond acceptors (Lipinski definition) is 5. The molecule has 0 saturated heterocycles. The Labute approximate surface area is 171 Å². The van der Waals surface area contributed by atoms with E-state index in [1.807, 2.05) is 24.3 Å². The first-order valence-electron chi connectivity index (χ1n) is 9.16. The quantitative estimate of drug-likeness (QED) is 0.365. The van der Waals surface area contributed by atoms with Gasteiger partial charge in [-0.2, -0.15) is 0 Å². The summed E-state index contributed by atoms with van der Waals surface area (Å²) in [4.78, 5) is 28.9. The van der Waals surface area contributed by atoms with Gasteiger partial charge in [0, 0.05) is 6.07 Å². The van der Waals surface area contributed by atoms with Crippen LogP contribution in [0.1, 0.15) is 11.4 Å². The topological polar surface area (TPSA) is 87.3 Å². The lowest BCUT2D eigenvalue weighted by atomic mass is 10.2. The molecule has 0 radical (unpaired) electrons. The molecule has 1 aromatic heterocycles. The van der Waals surface area contributed by atoms with Crippen molar-refractivity contribution in [1.82, 2.24) is 9.55 Å². The normalized spacial score (nSPS) is 11.1. The standard InChI is InChI=1S/C23H17N3O4/c1-30-17-13-10-16(11-14-17)12-15-22-24-19-7-3-2-6-18(19)23(27)25(22)20-8-4-5-9-21(20)26(28)29/h2-15H,1H3/b15-12+. The van der Waals surface area contributed by atoms with E-state index in [2.05, 4.69) is 4.98 Å². The minimum atomic E-state index is -0.506. The summed E-state index contributed by atoms with van der Waals surface area (Å²) in [5, 5.41) is 11.9. The fourth-order valence-corrected chi connectivity index (χ4v) is 3.19. The molecule has 0 bridgehead atoms. The van der Waals surface area contributed by atoms with E-state index in [9.17, 15) is 14.9 Å². The van der Waals surface area contributed by atoms with Crippen LogP contribution in [-0.2, 0) is 0 Å². The van der Waals surface area contributed by atoms with Crippen LogP contribution >= 0.6 is 0 Å². The van der Waals surface area contributed by atoms with E-state index in [1.54, 1.807) is 61.7 Å². The summed E-state index contributed by atoms with van der Waals surface area (Å²) in [6.45, 7) is 0. The van der Waals surface area contributed by atoms with Crippen molar-refractivity contribution in [3.8, 4) is 11.4 Å². The molecule has 0 amide bonds. The van der Waals surface area contributed by atoms with Gasteiger partial charge >= 0.3 is 0 Å². The predicted octanol–water partition coefficient (Wildman–Crippen LogP) is 4.47. The third kappa shape index (κ3) is 3.56. The average molecular weight is 399 g/mol. The van der Waals surface area contributed by atoms with Crippen LogP contribution in [0.4, 0.5) is 5.69 Å². The van der Waals surface area contributed by atoms with Gasteiger partial charge in [-0.15, -0.1) is 0 Å². The van der Waals surface area contributed by atoms with Crippen LogP contribution in [0.2, 0.25) is 0 Å². The molecule has 4 rings (SSSR count). The smallest absolute Gasteiger partial charge is 0.293 e. The van der Waals surface area contributed by atoms with Gasteiger partial charge in [0.1, 0.15) is 17.3 Å². The van der Waals surface area contributed by atoms with Gasteiger partial charge in [0.15, 0.2) is 0 Å². The van der Waals surface area contributed by atoms with E-state index < -0.39 is 4.92 Å². The zero-order valence-corrected chi connectivity index (χ0v) is 16.1. The summed E-state index contributed by atoms with van der Waals surface area (Å²) in [7, 11) is 1.59. The Balaban J connectivity index is 1.94. The number of nitrogens with zero attached hydrogens (tertiary/aromatic N) is 3. The Morgan fingerprint density at radius 1 is 0.967 bits per heavy atom. The first-order chi connectivity index (χ1) is 14.6. The molecule has 4 aromatic rings. The molecule has 0 saturated carbocycles. The number of nitro groups is 1. The summed E-state index contributed by atoms with van der Waals surface area (Å²) in [6, 6.07) is 20.4. The zero-order valence-electron chi connectivity index (χ0n) is 16.1. The SMILES string of the molecule is COc1ccc(/C=C/c2nc3ccccc3c(=O)n2-c2ccccc2[N+](=O)[O-])cc1. The molecule has 148 valence electrons. The fourth-order valence-electron chi connectivity index (χ4n) is 3.19. The molecule has 0 spiro atoms. The van der Waals surface area contributed by atoms with Crippen molar-refractivity contribution in [3.63, 3.8) is 0 Å². The van der Waals surface area contributed by atoms with Gasteiger partial charge in [-0.25, -0.2) is 4.98 Å². The highest BCUT2D eigenvalue weighted by molar-refractivity contribution is 5.80. The van der Waals surface area contributed by atoms with Gasteiger partial charge in [0.05, 0.1) is 22.9 Å². The Bertz CT molecular complexity index is 1320. The van der Waals surface area contributed by atoms with E-state index >= 15 is 0 Å². The van der Waals surface area contributed by atoms with Crippen molar-refractivity contribution >= 4 is 28.7 Å². The Kier molecular flexibility index (Phi) is 5.09. The number of para-hydroxylation sites is 3. The maximum Gasteiger partial charge on any atom is 0.293 e. The largest absolute Gasteiger partial charge is 0.497 e. The second-order valence-corrected chi connectivity index (χ2v) is 6.48. The van der Waals surface area contributed by atoms with Crippen LogP contribution in [0.5, 0.6) is 5.75 Å². The minimum absolute atomic E-state index is 0.167. The highest BCUT2D eigenvalue weighted by Gasteiger charge is 2.19. The Morgan fingerprint density at radius 2 is 1.67 bits per heavy atom. The van der Waals surface area contributed by atoms with Crippen molar-refractivity contribution < 1.29 is 9.66 Å².